The van der Waals surface area contributed by atoms with Crippen LogP contribution >= 0.6 is 0 Å². The van der Waals surface area contributed by atoms with E-state index in [1.165, 1.54) is 0 Å². The van der Waals surface area contributed by atoms with Crippen LogP contribution in [-0.2, 0) is 4.79 Å². The van der Waals surface area contributed by atoms with E-state index in [4.69, 9.17) is 0 Å². The second-order valence-electron chi connectivity index (χ2n) is 3.75. The van der Waals surface area contributed by atoms with Crippen LogP contribution in [0.25, 0.3) is 0 Å². The molecule has 0 spiro atoms. The van der Waals surface area contributed by atoms with Crippen LogP contribution in [-0.4, -0.2) is 19.0 Å². The lowest BCUT2D eigenvalue weighted by Gasteiger charge is -2.08. The molecule has 6 heteroatoms. The fourth-order valence-corrected chi connectivity index (χ4v) is 1.33. The van der Waals surface area contributed by atoms with Crippen LogP contribution < -0.4 is 10.6 Å². The molecule has 0 atom stereocenters. The predicted octanol–water partition coefficient (Wildman–Crippen LogP) is 2.43. The van der Waals surface area contributed by atoms with Gasteiger partial charge in [-0.05, 0) is 18.6 Å². The smallest absolute Gasteiger partial charge is 0.221 e. The van der Waals surface area contributed by atoms with E-state index in [1.807, 2.05) is 6.92 Å². The third kappa shape index (κ3) is 3.94. The van der Waals surface area contributed by atoms with Gasteiger partial charge in [0.2, 0.25) is 5.91 Å². The summed E-state index contributed by atoms with van der Waals surface area (Å²) in [6.45, 7) is 2.66. The van der Waals surface area contributed by atoms with E-state index in [9.17, 15) is 18.0 Å². The van der Waals surface area contributed by atoms with E-state index >= 15 is 0 Å². The Morgan fingerprint density at radius 1 is 1.17 bits per heavy atom. The lowest BCUT2D eigenvalue weighted by atomic mass is 10.2. The van der Waals surface area contributed by atoms with Crippen molar-refractivity contribution in [2.24, 2.45) is 0 Å². The summed E-state index contributed by atoms with van der Waals surface area (Å²) in [5.74, 6) is -4.20. The van der Waals surface area contributed by atoms with Gasteiger partial charge in [-0.15, -0.1) is 0 Å². The van der Waals surface area contributed by atoms with Crippen LogP contribution in [0.2, 0.25) is 0 Å². The molecule has 2 N–H and O–H groups in total. The van der Waals surface area contributed by atoms with Crippen LogP contribution in [0.3, 0.4) is 0 Å². The average Bonchev–Trinajstić information content (AvgIpc) is 2.36. The number of nitrogens with one attached hydrogen (secondary N) is 2. The zero-order valence-corrected chi connectivity index (χ0v) is 10.0. The van der Waals surface area contributed by atoms with Crippen molar-refractivity contribution >= 4 is 11.6 Å². The topological polar surface area (TPSA) is 41.1 Å². The van der Waals surface area contributed by atoms with Gasteiger partial charge in [0.05, 0.1) is 5.69 Å². The summed E-state index contributed by atoms with van der Waals surface area (Å²) in [6.07, 6.45) is 0.968. The molecular weight excluding hydrogens is 245 g/mol. The zero-order valence-electron chi connectivity index (χ0n) is 10.0. The summed E-state index contributed by atoms with van der Waals surface area (Å²) in [4.78, 5) is 11.2. The fraction of sp³-hybridized carbons (Fsp3) is 0.417. The molecule has 0 aliphatic rings. The van der Waals surface area contributed by atoms with Crippen molar-refractivity contribution in [1.29, 1.82) is 0 Å². The lowest BCUT2D eigenvalue weighted by Crippen LogP contribution is -2.26. The Kier molecular flexibility index (Phi) is 5.48. The highest BCUT2D eigenvalue weighted by Crippen LogP contribution is 2.19. The number of amides is 1. The van der Waals surface area contributed by atoms with E-state index in [0.717, 1.165) is 18.6 Å². The minimum Gasteiger partial charge on any atom is -0.382 e. The van der Waals surface area contributed by atoms with Crippen molar-refractivity contribution in [3.8, 4) is 0 Å². The highest BCUT2D eigenvalue weighted by Gasteiger charge is 2.12. The van der Waals surface area contributed by atoms with Crippen LogP contribution in [0.1, 0.15) is 19.8 Å². The lowest BCUT2D eigenvalue weighted by molar-refractivity contribution is -0.120. The average molecular weight is 260 g/mol. The van der Waals surface area contributed by atoms with Gasteiger partial charge in [0.25, 0.3) is 0 Å². The molecule has 0 saturated carbocycles. The molecule has 1 aromatic carbocycles. The molecule has 1 rings (SSSR count). The molecule has 100 valence electrons. The molecule has 0 saturated heterocycles. The second-order valence-corrected chi connectivity index (χ2v) is 3.75. The number of hydrogen-bond donors (Lipinski definition) is 2. The Labute approximate surface area is 103 Å². The molecule has 0 radical (unpaired) electrons. The van der Waals surface area contributed by atoms with Crippen molar-refractivity contribution < 1.29 is 18.0 Å². The van der Waals surface area contributed by atoms with E-state index in [-0.39, 0.29) is 24.6 Å². The SMILES string of the molecule is CCCNC(=O)CCNc1ccc(F)c(F)c1F. The highest BCUT2D eigenvalue weighted by molar-refractivity contribution is 5.76. The minimum atomic E-state index is -1.52. The second kappa shape index (κ2) is 6.88. The van der Waals surface area contributed by atoms with Crippen molar-refractivity contribution in [3.63, 3.8) is 0 Å². The summed E-state index contributed by atoms with van der Waals surface area (Å²) in [5, 5.41) is 5.19. The van der Waals surface area contributed by atoms with Gasteiger partial charge in [-0.25, -0.2) is 13.2 Å². The van der Waals surface area contributed by atoms with Gasteiger partial charge in [-0.2, -0.15) is 0 Å². The van der Waals surface area contributed by atoms with Gasteiger partial charge in [-0.3, -0.25) is 4.79 Å². The van der Waals surface area contributed by atoms with Crippen molar-refractivity contribution in [2.45, 2.75) is 19.8 Å². The van der Waals surface area contributed by atoms with Gasteiger partial charge < -0.3 is 10.6 Å². The summed E-state index contributed by atoms with van der Waals surface area (Å²) < 4.78 is 38.7. The predicted molar refractivity (Wildman–Crippen MR) is 62.7 cm³/mol. The molecule has 18 heavy (non-hydrogen) atoms. The van der Waals surface area contributed by atoms with Crippen molar-refractivity contribution in [2.75, 3.05) is 18.4 Å². The van der Waals surface area contributed by atoms with Gasteiger partial charge in [0.15, 0.2) is 17.5 Å². The number of benzene rings is 1. The van der Waals surface area contributed by atoms with Crippen LogP contribution in [0.5, 0.6) is 0 Å². The quantitative estimate of drug-likeness (QED) is 0.771. The van der Waals surface area contributed by atoms with Gasteiger partial charge in [0, 0.05) is 19.5 Å². The van der Waals surface area contributed by atoms with Gasteiger partial charge in [0.1, 0.15) is 0 Å². The maximum atomic E-state index is 13.2. The van der Waals surface area contributed by atoms with Crippen molar-refractivity contribution in [1.82, 2.24) is 5.32 Å². The Morgan fingerprint density at radius 3 is 2.56 bits per heavy atom. The van der Waals surface area contributed by atoms with Gasteiger partial charge in [-0.1, -0.05) is 6.92 Å². The number of hydrogen-bond acceptors (Lipinski definition) is 2. The molecule has 0 aromatic heterocycles. The molecule has 0 heterocycles. The maximum absolute atomic E-state index is 13.2. The fourth-order valence-electron chi connectivity index (χ4n) is 1.33. The molecule has 1 aromatic rings. The Hall–Kier alpha value is -1.72. The number of halogens is 3. The number of anilines is 1. The molecule has 0 bridgehead atoms. The number of carbonyl (C=O) groups is 1. The summed E-state index contributed by atoms with van der Waals surface area (Å²) in [6, 6.07) is 1.93. The molecule has 3 nitrogen and oxygen atoms in total. The van der Waals surface area contributed by atoms with Crippen LogP contribution in [0.4, 0.5) is 18.9 Å². The molecule has 0 aliphatic heterocycles. The minimum absolute atomic E-state index is 0.137. The normalized spacial score (nSPS) is 10.2. The van der Waals surface area contributed by atoms with Crippen molar-refractivity contribution in [3.05, 3.63) is 29.6 Å². The molecule has 0 unspecified atom stereocenters. The van der Waals surface area contributed by atoms with Crippen LogP contribution in [0, 0.1) is 17.5 Å². The van der Waals surface area contributed by atoms with E-state index < -0.39 is 17.5 Å². The Balaban J connectivity index is 2.45. The third-order valence-corrected chi connectivity index (χ3v) is 2.27. The number of carbonyl (C=O) groups excluding carboxylic acids is 1. The molecule has 0 aliphatic carbocycles. The largest absolute Gasteiger partial charge is 0.382 e. The summed E-state index contributed by atoms with van der Waals surface area (Å²) >= 11 is 0. The first-order valence-electron chi connectivity index (χ1n) is 5.70. The van der Waals surface area contributed by atoms with E-state index in [1.54, 1.807) is 0 Å². The zero-order chi connectivity index (χ0) is 13.5. The van der Waals surface area contributed by atoms with E-state index in [2.05, 4.69) is 10.6 Å². The van der Waals surface area contributed by atoms with Gasteiger partial charge >= 0.3 is 0 Å². The molecule has 1 amide bonds. The van der Waals surface area contributed by atoms with E-state index in [0.29, 0.717) is 6.54 Å². The standard InChI is InChI=1S/C12H15F3N2O/c1-2-6-17-10(18)5-7-16-9-4-3-8(13)11(14)12(9)15/h3-4,16H,2,5-7H2,1H3,(H,17,18). The first-order valence-corrected chi connectivity index (χ1v) is 5.70. The third-order valence-electron chi connectivity index (χ3n) is 2.27. The summed E-state index contributed by atoms with van der Waals surface area (Å²) in [7, 11) is 0. The highest BCUT2D eigenvalue weighted by atomic mass is 19.2. The maximum Gasteiger partial charge on any atom is 0.221 e. The summed E-state index contributed by atoms with van der Waals surface area (Å²) in [5.41, 5.74) is -0.155. The Morgan fingerprint density at radius 2 is 1.89 bits per heavy atom. The first kappa shape index (κ1) is 14.3. The molecular formula is C12H15F3N2O. The molecule has 0 fully saturated rings. The number of rotatable bonds is 6. The monoisotopic (exact) mass is 260 g/mol. The van der Waals surface area contributed by atoms with Crippen LogP contribution in [0.15, 0.2) is 12.1 Å². The first-order chi connectivity index (χ1) is 8.56. The Bertz CT molecular complexity index is 424.